The molecule has 1 amide bonds. The van der Waals surface area contributed by atoms with Crippen molar-refractivity contribution in [3.05, 3.63) is 29.3 Å². The summed E-state index contributed by atoms with van der Waals surface area (Å²) >= 11 is 0. The monoisotopic (exact) mass is 276 g/mol. The standard InChI is InChI=1S/C15H20N2O3/c1-9-6-7-13(11(8-9)15(19)20-2)17-14(18)10-4-3-5-12(10)16/h6-8,10,12H,3-5,16H2,1-2H3,(H,17,18). The van der Waals surface area contributed by atoms with Crippen molar-refractivity contribution in [1.82, 2.24) is 0 Å². The molecule has 0 bridgehead atoms. The predicted molar refractivity (Wildman–Crippen MR) is 76.5 cm³/mol. The number of aryl methyl sites for hydroxylation is 1. The number of ether oxygens (including phenoxy) is 1. The van der Waals surface area contributed by atoms with Gasteiger partial charge in [0.15, 0.2) is 0 Å². The molecule has 2 rings (SSSR count). The summed E-state index contributed by atoms with van der Waals surface area (Å²) in [6.07, 6.45) is 2.64. The van der Waals surface area contributed by atoms with Crippen LogP contribution in [0.1, 0.15) is 35.2 Å². The first-order valence-corrected chi connectivity index (χ1v) is 6.78. The third-order valence-corrected chi connectivity index (χ3v) is 3.74. The molecular weight excluding hydrogens is 256 g/mol. The molecule has 1 aliphatic rings. The number of nitrogens with two attached hydrogens (primary N) is 1. The summed E-state index contributed by atoms with van der Waals surface area (Å²) in [6, 6.07) is 5.18. The normalized spacial score (nSPS) is 21.6. The summed E-state index contributed by atoms with van der Waals surface area (Å²) in [4.78, 5) is 24.0. The maximum Gasteiger partial charge on any atom is 0.339 e. The molecule has 0 radical (unpaired) electrons. The van der Waals surface area contributed by atoms with Crippen LogP contribution < -0.4 is 11.1 Å². The largest absolute Gasteiger partial charge is 0.465 e. The van der Waals surface area contributed by atoms with E-state index in [1.54, 1.807) is 12.1 Å². The number of benzene rings is 1. The Morgan fingerprint density at radius 3 is 2.70 bits per heavy atom. The fraction of sp³-hybridized carbons (Fsp3) is 0.467. The molecule has 1 fully saturated rings. The lowest BCUT2D eigenvalue weighted by Gasteiger charge is -2.16. The molecule has 2 unspecified atom stereocenters. The second kappa shape index (κ2) is 6.05. The Morgan fingerprint density at radius 1 is 1.35 bits per heavy atom. The average Bonchev–Trinajstić information content (AvgIpc) is 2.86. The molecule has 1 aromatic rings. The smallest absolute Gasteiger partial charge is 0.339 e. The number of anilines is 1. The molecule has 1 aromatic carbocycles. The minimum absolute atomic E-state index is 0.0953. The van der Waals surface area contributed by atoms with Crippen molar-refractivity contribution in [3.63, 3.8) is 0 Å². The van der Waals surface area contributed by atoms with Gasteiger partial charge in [-0.1, -0.05) is 18.1 Å². The Balaban J connectivity index is 2.20. The van der Waals surface area contributed by atoms with Crippen LogP contribution in [0, 0.1) is 12.8 Å². The van der Waals surface area contributed by atoms with Gasteiger partial charge in [-0.3, -0.25) is 4.79 Å². The van der Waals surface area contributed by atoms with Crippen LogP contribution in [-0.4, -0.2) is 25.0 Å². The molecule has 0 heterocycles. The van der Waals surface area contributed by atoms with Crippen LogP contribution in [-0.2, 0) is 9.53 Å². The molecule has 2 atom stereocenters. The van der Waals surface area contributed by atoms with Gasteiger partial charge in [0.25, 0.3) is 0 Å². The highest BCUT2D eigenvalue weighted by Gasteiger charge is 2.30. The topological polar surface area (TPSA) is 81.4 Å². The fourth-order valence-corrected chi connectivity index (χ4v) is 2.59. The van der Waals surface area contributed by atoms with Crippen LogP contribution >= 0.6 is 0 Å². The summed E-state index contributed by atoms with van der Waals surface area (Å²) < 4.78 is 4.75. The lowest BCUT2D eigenvalue weighted by Crippen LogP contribution is -2.34. The van der Waals surface area contributed by atoms with Crippen molar-refractivity contribution in [3.8, 4) is 0 Å². The van der Waals surface area contributed by atoms with E-state index in [1.165, 1.54) is 7.11 Å². The maximum absolute atomic E-state index is 12.2. The Morgan fingerprint density at radius 2 is 2.10 bits per heavy atom. The molecule has 20 heavy (non-hydrogen) atoms. The van der Waals surface area contributed by atoms with E-state index >= 15 is 0 Å². The quantitative estimate of drug-likeness (QED) is 0.825. The highest BCUT2D eigenvalue weighted by molar-refractivity contribution is 6.02. The van der Waals surface area contributed by atoms with Crippen LogP contribution in [0.25, 0.3) is 0 Å². The number of methoxy groups -OCH3 is 1. The Labute approximate surface area is 118 Å². The minimum atomic E-state index is -0.459. The number of rotatable bonds is 3. The van der Waals surface area contributed by atoms with Gasteiger partial charge < -0.3 is 15.8 Å². The Bertz CT molecular complexity index is 528. The molecule has 5 nitrogen and oxygen atoms in total. The number of hydrogen-bond donors (Lipinski definition) is 2. The van der Waals surface area contributed by atoms with E-state index in [0.29, 0.717) is 11.3 Å². The highest BCUT2D eigenvalue weighted by atomic mass is 16.5. The summed E-state index contributed by atoms with van der Waals surface area (Å²) in [5.41, 5.74) is 7.71. The summed E-state index contributed by atoms with van der Waals surface area (Å²) in [7, 11) is 1.32. The molecule has 108 valence electrons. The summed E-state index contributed by atoms with van der Waals surface area (Å²) in [5.74, 6) is -0.759. The first kappa shape index (κ1) is 14.5. The van der Waals surface area contributed by atoms with Gasteiger partial charge in [-0.2, -0.15) is 0 Å². The molecule has 1 saturated carbocycles. The first-order chi connectivity index (χ1) is 9.52. The second-order valence-corrected chi connectivity index (χ2v) is 5.23. The molecule has 5 heteroatoms. The van der Waals surface area contributed by atoms with E-state index in [-0.39, 0.29) is 17.9 Å². The zero-order valence-electron chi connectivity index (χ0n) is 11.8. The van der Waals surface area contributed by atoms with Gasteiger partial charge in [-0.25, -0.2) is 4.79 Å². The molecule has 0 spiro atoms. The second-order valence-electron chi connectivity index (χ2n) is 5.23. The molecule has 0 aromatic heterocycles. The Kier molecular flexibility index (Phi) is 4.39. The van der Waals surface area contributed by atoms with Gasteiger partial charge in [-0.15, -0.1) is 0 Å². The summed E-state index contributed by atoms with van der Waals surface area (Å²) in [6.45, 7) is 1.88. The highest BCUT2D eigenvalue weighted by Crippen LogP contribution is 2.26. The van der Waals surface area contributed by atoms with E-state index in [0.717, 1.165) is 24.8 Å². The lowest BCUT2D eigenvalue weighted by atomic mass is 10.0. The molecule has 0 saturated heterocycles. The van der Waals surface area contributed by atoms with E-state index in [9.17, 15) is 9.59 Å². The van der Waals surface area contributed by atoms with Gasteiger partial charge >= 0.3 is 5.97 Å². The predicted octanol–water partition coefficient (Wildman–Crippen LogP) is 1.85. The van der Waals surface area contributed by atoms with E-state index in [4.69, 9.17) is 10.5 Å². The maximum atomic E-state index is 12.2. The molecule has 3 N–H and O–H groups in total. The SMILES string of the molecule is COC(=O)c1cc(C)ccc1NC(=O)C1CCCC1N. The minimum Gasteiger partial charge on any atom is -0.465 e. The van der Waals surface area contributed by atoms with Crippen LogP contribution in [0.2, 0.25) is 0 Å². The van der Waals surface area contributed by atoms with E-state index in [1.807, 2.05) is 13.0 Å². The van der Waals surface area contributed by atoms with Gasteiger partial charge in [0.05, 0.1) is 24.3 Å². The van der Waals surface area contributed by atoms with Crippen LogP contribution in [0.5, 0.6) is 0 Å². The number of esters is 1. The van der Waals surface area contributed by atoms with Crippen molar-refractivity contribution in [2.24, 2.45) is 11.7 Å². The average molecular weight is 276 g/mol. The van der Waals surface area contributed by atoms with Crippen molar-refractivity contribution in [1.29, 1.82) is 0 Å². The van der Waals surface area contributed by atoms with Crippen molar-refractivity contribution in [2.75, 3.05) is 12.4 Å². The number of carbonyl (C=O) groups excluding carboxylic acids is 2. The molecule has 0 aliphatic heterocycles. The number of amides is 1. The van der Waals surface area contributed by atoms with Gasteiger partial charge in [-0.05, 0) is 31.9 Å². The van der Waals surface area contributed by atoms with Crippen molar-refractivity contribution in [2.45, 2.75) is 32.2 Å². The van der Waals surface area contributed by atoms with E-state index < -0.39 is 5.97 Å². The van der Waals surface area contributed by atoms with Gasteiger partial charge in [0, 0.05) is 6.04 Å². The van der Waals surface area contributed by atoms with Crippen molar-refractivity contribution < 1.29 is 14.3 Å². The van der Waals surface area contributed by atoms with Gasteiger partial charge in [0.2, 0.25) is 5.91 Å². The zero-order valence-corrected chi connectivity index (χ0v) is 11.8. The van der Waals surface area contributed by atoms with E-state index in [2.05, 4.69) is 5.32 Å². The third-order valence-electron chi connectivity index (χ3n) is 3.74. The van der Waals surface area contributed by atoms with Crippen molar-refractivity contribution >= 4 is 17.6 Å². The number of hydrogen-bond acceptors (Lipinski definition) is 4. The molecule has 1 aliphatic carbocycles. The zero-order chi connectivity index (χ0) is 14.7. The molecular formula is C15H20N2O3. The number of nitrogens with one attached hydrogen (secondary N) is 1. The lowest BCUT2D eigenvalue weighted by molar-refractivity contribution is -0.120. The van der Waals surface area contributed by atoms with Crippen LogP contribution in [0.3, 0.4) is 0 Å². The number of carbonyl (C=O) groups is 2. The fourth-order valence-electron chi connectivity index (χ4n) is 2.59. The Hall–Kier alpha value is -1.88. The third kappa shape index (κ3) is 2.99. The summed E-state index contributed by atoms with van der Waals surface area (Å²) in [5, 5.41) is 2.81. The first-order valence-electron chi connectivity index (χ1n) is 6.78. The van der Waals surface area contributed by atoms with Gasteiger partial charge in [0.1, 0.15) is 0 Å². The van der Waals surface area contributed by atoms with Crippen LogP contribution in [0.15, 0.2) is 18.2 Å². The van der Waals surface area contributed by atoms with Crippen LogP contribution in [0.4, 0.5) is 5.69 Å².